The molecule has 5 heteroatoms. The Morgan fingerprint density at radius 3 is 2.88 bits per heavy atom. The fourth-order valence-corrected chi connectivity index (χ4v) is 3.64. The molecule has 1 aliphatic rings. The molecule has 0 spiro atoms. The van der Waals surface area contributed by atoms with Gasteiger partial charge in [0.25, 0.3) is 0 Å². The van der Waals surface area contributed by atoms with E-state index in [1.807, 2.05) is 29.3 Å². The third-order valence-electron chi connectivity index (χ3n) is 4.92. The van der Waals surface area contributed by atoms with Crippen LogP contribution in [0, 0.1) is 0 Å². The first-order valence-electron chi connectivity index (χ1n) is 8.71. The number of aliphatic carboxylic acids is 1. The molecule has 2 heterocycles. The van der Waals surface area contributed by atoms with E-state index in [1.165, 1.54) is 5.39 Å². The molecule has 24 heavy (non-hydrogen) atoms. The molecule has 3 rings (SSSR count). The van der Waals surface area contributed by atoms with E-state index < -0.39 is 5.97 Å². The van der Waals surface area contributed by atoms with Gasteiger partial charge in [0.15, 0.2) is 0 Å². The van der Waals surface area contributed by atoms with Gasteiger partial charge in [-0.05, 0) is 43.7 Å². The second-order valence-corrected chi connectivity index (χ2v) is 6.53. The number of carbonyl (C=O) groups excluding carboxylic acids is 1. The van der Waals surface area contributed by atoms with Gasteiger partial charge in [-0.1, -0.05) is 18.2 Å². The zero-order chi connectivity index (χ0) is 16.9. The second kappa shape index (κ2) is 7.51. The molecule has 2 N–H and O–H groups in total. The van der Waals surface area contributed by atoms with Gasteiger partial charge in [0.2, 0.25) is 5.91 Å². The summed E-state index contributed by atoms with van der Waals surface area (Å²) in [5.74, 6) is -0.637. The van der Waals surface area contributed by atoms with Gasteiger partial charge in [-0.25, -0.2) is 0 Å². The lowest BCUT2D eigenvalue weighted by molar-refractivity contribution is -0.140. The maximum Gasteiger partial charge on any atom is 0.303 e. The zero-order valence-electron chi connectivity index (χ0n) is 13.8. The first-order valence-corrected chi connectivity index (χ1v) is 8.71. The first-order chi connectivity index (χ1) is 11.6. The minimum atomic E-state index is -0.785. The lowest BCUT2D eigenvalue weighted by atomic mass is 9.97. The summed E-state index contributed by atoms with van der Waals surface area (Å²) in [7, 11) is 0. The number of carboxylic acids is 1. The van der Waals surface area contributed by atoms with Crippen molar-refractivity contribution in [2.45, 2.75) is 51.0 Å². The molecule has 2 aromatic rings. The van der Waals surface area contributed by atoms with Crippen molar-refractivity contribution in [3.63, 3.8) is 0 Å². The Labute approximate surface area is 141 Å². The molecule has 1 amide bonds. The molecule has 128 valence electrons. The van der Waals surface area contributed by atoms with Gasteiger partial charge in [-0.3, -0.25) is 9.59 Å². The normalized spacial score (nSPS) is 18.0. The van der Waals surface area contributed by atoms with Gasteiger partial charge >= 0.3 is 5.97 Å². The molecule has 5 nitrogen and oxygen atoms in total. The average molecular weight is 328 g/mol. The number of hydrogen-bond acceptors (Lipinski definition) is 2. The zero-order valence-corrected chi connectivity index (χ0v) is 13.8. The summed E-state index contributed by atoms with van der Waals surface area (Å²) in [5, 5.41) is 10.1. The van der Waals surface area contributed by atoms with E-state index in [4.69, 9.17) is 5.11 Å². The number of hydrogen-bond donors (Lipinski definition) is 2. The molecule has 0 unspecified atom stereocenters. The van der Waals surface area contributed by atoms with Crippen LogP contribution < -0.4 is 0 Å². The van der Waals surface area contributed by atoms with E-state index in [-0.39, 0.29) is 18.4 Å². The van der Waals surface area contributed by atoms with Crippen LogP contribution in [0.1, 0.15) is 44.1 Å². The van der Waals surface area contributed by atoms with Crippen LogP contribution in [0.5, 0.6) is 0 Å². The molecule has 0 aliphatic carbocycles. The number of likely N-dealkylation sites (tertiary alicyclic amines) is 1. The number of nitrogens with one attached hydrogen (secondary N) is 1. The minimum Gasteiger partial charge on any atom is -0.481 e. The van der Waals surface area contributed by atoms with Crippen molar-refractivity contribution in [3.05, 3.63) is 36.0 Å². The Bertz CT molecular complexity index is 722. The average Bonchev–Trinajstić information content (AvgIpc) is 3.01. The molecular formula is C19H24N2O3. The van der Waals surface area contributed by atoms with E-state index in [0.29, 0.717) is 19.3 Å². The van der Waals surface area contributed by atoms with Gasteiger partial charge in [-0.15, -0.1) is 0 Å². The van der Waals surface area contributed by atoms with Crippen molar-refractivity contribution in [3.8, 4) is 0 Å². The number of aromatic amines is 1. The topological polar surface area (TPSA) is 73.4 Å². The third-order valence-corrected chi connectivity index (χ3v) is 4.92. The summed E-state index contributed by atoms with van der Waals surface area (Å²) >= 11 is 0. The predicted molar refractivity (Wildman–Crippen MR) is 92.8 cm³/mol. The van der Waals surface area contributed by atoms with Crippen LogP contribution in [0.25, 0.3) is 10.9 Å². The van der Waals surface area contributed by atoms with Crippen molar-refractivity contribution in [1.29, 1.82) is 0 Å². The molecule has 1 saturated heterocycles. The Hall–Kier alpha value is -2.30. The smallest absolute Gasteiger partial charge is 0.303 e. The van der Waals surface area contributed by atoms with E-state index in [9.17, 15) is 9.59 Å². The summed E-state index contributed by atoms with van der Waals surface area (Å²) in [6.45, 7) is 0.761. The van der Waals surface area contributed by atoms with Crippen LogP contribution in [0.2, 0.25) is 0 Å². The number of aromatic nitrogens is 1. The van der Waals surface area contributed by atoms with Crippen LogP contribution in [0.4, 0.5) is 0 Å². The van der Waals surface area contributed by atoms with Crippen molar-refractivity contribution < 1.29 is 14.7 Å². The number of piperidine rings is 1. The summed E-state index contributed by atoms with van der Waals surface area (Å²) in [6, 6.07) is 8.20. The number of amides is 1. The van der Waals surface area contributed by atoms with E-state index >= 15 is 0 Å². The van der Waals surface area contributed by atoms with Gasteiger partial charge in [-0.2, -0.15) is 0 Å². The number of H-pyrrole nitrogens is 1. The van der Waals surface area contributed by atoms with Crippen molar-refractivity contribution in [2.75, 3.05) is 6.54 Å². The molecule has 0 bridgehead atoms. The van der Waals surface area contributed by atoms with Crippen LogP contribution in [0.15, 0.2) is 30.5 Å². The predicted octanol–water partition coefficient (Wildman–Crippen LogP) is 3.35. The summed E-state index contributed by atoms with van der Waals surface area (Å²) in [5.41, 5.74) is 2.26. The van der Waals surface area contributed by atoms with Gasteiger partial charge in [0.05, 0.1) is 0 Å². The SMILES string of the molecule is O=C(O)CC[C@@H]1CCCCN1C(=O)CCc1c[nH]c2ccccc12. The van der Waals surface area contributed by atoms with E-state index in [0.717, 1.165) is 36.9 Å². The summed E-state index contributed by atoms with van der Waals surface area (Å²) in [4.78, 5) is 28.6. The Balaban J connectivity index is 1.61. The number of nitrogens with zero attached hydrogens (tertiary/aromatic N) is 1. The molecule has 1 fully saturated rings. The molecule has 1 aliphatic heterocycles. The number of aryl methyl sites for hydroxylation is 1. The Kier molecular flexibility index (Phi) is 5.18. The number of benzene rings is 1. The molecule has 1 atom stereocenters. The number of rotatable bonds is 6. The highest BCUT2D eigenvalue weighted by Crippen LogP contribution is 2.23. The first kappa shape index (κ1) is 16.6. The molecule has 0 radical (unpaired) electrons. The monoisotopic (exact) mass is 328 g/mol. The molecular weight excluding hydrogens is 304 g/mol. The third kappa shape index (κ3) is 3.78. The molecule has 1 aromatic carbocycles. The molecule has 0 saturated carbocycles. The Morgan fingerprint density at radius 1 is 1.21 bits per heavy atom. The number of carbonyl (C=O) groups is 2. The summed E-state index contributed by atoms with van der Waals surface area (Å²) in [6.07, 6.45) is 6.89. The highest BCUT2D eigenvalue weighted by Gasteiger charge is 2.26. The number of fused-ring (bicyclic) bond motifs is 1. The van der Waals surface area contributed by atoms with Crippen LogP contribution in [-0.2, 0) is 16.0 Å². The van der Waals surface area contributed by atoms with Crippen molar-refractivity contribution in [2.24, 2.45) is 0 Å². The maximum atomic E-state index is 12.7. The lowest BCUT2D eigenvalue weighted by Crippen LogP contribution is -2.44. The second-order valence-electron chi connectivity index (χ2n) is 6.53. The van der Waals surface area contributed by atoms with E-state index in [2.05, 4.69) is 11.1 Å². The van der Waals surface area contributed by atoms with Crippen molar-refractivity contribution in [1.82, 2.24) is 9.88 Å². The number of para-hydroxylation sites is 1. The fraction of sp³-hybridized carbons (Fsp3) is 0.474. The standard InChI is InChI=1S/C19H24N2O3/c22-18(21-12-4-3-5-15(21)9-11-19(23)24)10-8-14-13-20-17-7-2-1-6-16(14)17/h1-2,6-7,13,15,20H,3-5,8-12H2,(H,23,24)/t15-/m0/s1. The molecule has 1 aromatic heterocycles. The maximum absolute atomic E-state index is 12.7. The van der Waals surface area contributed by atoms with E-state index in [1.54, 1.807) is 0 Å². The largest absolute Gasteiger partial charge is 0.481 e. The van der Waals surface area contributed by atoms with Gasteiger partial charge < -0.3 is 15.0 Å². The highest BCUT2D eigenvalue weighted by molar-refractivity contribution is 5.84. The quantitative estimate of drug-likeness (QED) is 0.854. The van der Waals surface area contributed by atoms with Crippen molar-refractivity contribution >= 4 is 22.8 Å². The summed E-state index contributed by atoms with van der Waals surface area (Å²) < 4.78 is 0. The Morgan fingerprint density at radius 2 is 2.04 bits per heavy atom. The van der Waals surface area contributed by atoms with Crippen LogP contribution in [0.3, 0.4) is 0 Å². The van der Waals surface area contributed by atoms with Crippen LogP contribution >= 0.6 is 0 Å². The number of carboxylic acid groups (broad SMARTS) is 1. The van der Waals surface area contributed by atoms with Gasteiger partial charge in [0, 0.05) is 42.5 Å². The highest BCUT2D eigenvalue weighted by atomic mass is 16.4. The van der Waals surface area contributed by atoms with Gasteiger partial charge in [0.1, 0.15) is 0 Å². The lowest BCUT2D eigenvalue weighted by Gasteiger charge is -2.35. The minimum absolute atomic E-state index is 0.0883. The fourth-order valence-electron chi connectivity index (χ4n) is 3.64. The van der Waals surface area contributed by atoms with Crippen LogP contribution in [-0.4, -0.2) is 39.5 Å².